The number of hydrogen-bond donors (Lipinski definition) is 1. The van der Waals surface area contributed by atoms with E-state index in [2.05, 4.69) is 33.1 Å². The van der Waals surface area contributed by atoms with Crippen molar-refractivity contribution in [3.05, 3.63) is 50.2 Å². The van der Waals surface area contributed by atoms with Gasteiger partial charge in [-0.2, -0.15) is 5.10 Å². The van der Waals surface area contributed by atoms with E-state index in [0.717, 1.165) is 14.2 Å². The van der Waals surface area contributed by atoms with Gasteiger partial charge >= 0.3 is 0 Å². The van der Waals surface area contributed by atoms with Crippen LogP contribution in [-0.4, -0.2) is 18.2 Å². The Morgan fingerprint density at radius 1 is 1.35 bits per heavy atom. The van der Waals surface area contributed by atoms with E-state index in [0.29, 0.717) is 5.75 Å². The normalized spacial score (nSPS) is 11.2. The fraction of sp³-hybridized carbons (Fsp3) is 0.143. The molecule has 0 aliphatic rings. The minimum absolute atomic E-state index is 0.0538. The SMILES string of the molecule is C/C(=N\NC(=O)COc1ccc(I)cc1)c1cccs1. The number of halogens is 1. The van der Waals surface area contributed by atoms with Crippen molar-refractivity contribution in [3.8, 4) is 5.75 Å². The summed E-state index contributed by atoms with van der Waals surface area (Å²) in [6.07, 6.45) is 0. The lowest BCUT2D eigenvalue weighted by atomic mass is 10.3. The molecule has 0 radical (unpaired) electrons. The first kappa shape index (κ1) is 15.0. The van der Waals surface area contributed by atoms with Crippen LogP contribution in [0.15, 0.2) is 46.9 Å². The molecule has 0 saturated heterocycles. The predicted molar refractivity (Wildman–Crippen MR) is 89.3 cm³/mol. The molecule has 0 fully saturated rings. The van der Waals surface area contributed by atoms with Crippen molar-refractivity contribution in [1.29, 1.82) is 0 Å². The van der Waals surface area contributed by atoms with Gasteiger partial charge in [-0.25, -0.2) is 5.43 Å². The zero-order chi connectivity index (χ0) is 14.4. The second-order valence-corrected chi connectivity index (χ2v) is 6.15. The number of rotatable bonds is 5. The number of benzene rings is 1. The molecule has 0 bridgehead atoms. The first-order chi connectivity index (χ1) is 9.65. The van der Waals surface area contributed by atoms with Gasteiger partial charge in [-0.15, -0.1) is 11.3 Å². The number of hydrogen-bond acceptors (Lipinski definition) is 4. The van der Waals surface area contributed by atoms with E-state index < -0.39 is 0 Å². The zero-order valence-corrected chi connectivity index (χ0v) is 13.8. The molecule has 0 unspecified atom stereocenters. The van der Waals surface area contributed by atoms with Gasteiger partial charge in [0.25, 0.3) is 5.91 Å². The fourth-order valence-electron chi connectivity index (χ4n) is 1.40. The van der Waals surface area contributed by atoms with Crippen LogP contribution in [0.1, 0.15) is 11.8 Å². The minimum Gasteiger partial charge on any atom is -0.484 e. The molecule has 104 valence electrons. The molecule has 0 saturated carbocycles. The average molecular weight is 400 g/mol. The standard InChI is InChI=1S/C14H13IN2O2S/c1-10(13-3-2-8-20-13)16-17-14(18)9-19-12-6-4-11(15)5-7-12/h2-8H,9H2,1H3,(H,17,18)/b16-10+. The van der Waals surface area contributed by atoms with E-state index in [9.17, 15) is 4.79 Å². The Labute approximate surface area is 135 Å². The van der Waals surface area contributed by atoms with Gasteiger partial charge in [0.1, 0.15) is 5.75 Å². The highest BCUT2D eigenvalue weighted by Gasteiger charge is 2.03. The van der Waals surface area contributed by atoms with E-state index in [-0.39, 0.29) is 12.5 Å². The molecule has 20 heavy (non-hydrogen) atoms. The Kier molecular flexibility index (Phi) is 5.54. The Hall–Kier alpha value is -1.41. The number of amides is 1. The molecule has 2 aromatic rings. The highest BCUT2D eigenvalue weighted by Crippen LogP contribution is 2.13. The number of thiophene rings is 1. The van der Waals surface area contributed by atoms with E-state index in [1.54, 1.807) is 11.3 Å². The summed E-state index contributed by atoms with van der Waals surface area (Å²) in [6.45, 7) is 1.80. The number of hydrazone groups is 1. The Bertz CT molecular complexity index is 594. The van der Waals surface area contributed by atoms with Gasteiger partial charge in [0.05, 0.1) is 5.71 Å². The molecule has 0 spiro atoms. The molecule has 1 heterocycles. The third kappa shape index (κ3) is 4.61. The van der Waals surface area contributed by atoms with Gasteiger partial charge in [-0.3, -0.25) is 4.79 Å². The smallest absolute Gasteiger partial charge is 0.277 e. The molecular formula is C14H13IN2O2S. The summed E-state index contributed by atoms with van der Waals surface area (Å²) >= 11 is 3.79. The molecule has 1 N–H and O–H groups in total. The van der Waals surface area contributed by atoms with Crippen molar-refractivity contribution < 1.29 is 9.53 Å². The first-order valence-corrected chi connectivity index (χ1v) is 7.86. The van der Waals surface area contributed by atoms with Gasteiger partial charge in [0, 0.05) is 8.45 Å². The predicted octanol–water partition coefficient (Wildman–Crippen LogP) is 3.27. The van der Waals surface area contributed by atoms with Crippen molar-refractivity contribution in [1.82, 2.24) is 5.43 Å². The van der Waals surface area contributed by atoms with Crippen molar-refractivity contribution in [3.63, 3.8) is 0 Å². The van der Waals surface area contributed by atoms with E-state index >= 15 is 0 Å². The Morgan fingerprint density at radius 2 is 2.10 bits per heavy atom. The summed E-state index contributed by atoms with van der Waals surface area (Å²) in [4.78, 5) is 12.6. The average Bonchev–Trinajstić information content (AvgIpc) is 2.98. The lowest BCUT2D eigenvalue weighted by molar-refractivity contribution is -0.123. The van der Waals surface area contributed by atoms with E-state index in [1.807, 2.05) is 48.7 Å². The van der Waals surface area contributed by atoms with Gasteiger partial charge < -0.3 is 4.74 Å². The maximum atomic E-state index is 11.6. The summed E-state index contributed by atoms with van der Waals surface area (Å²) in [5, 5.41) is 6.01. The van der Waals surface area contributed by atoms with E-state index in [4.69, 9.17) is 4.74 Å². The molecule has 6 heteroatoms. The van der Waals surface area contributed by atoms with Gasteiger partial charge in [-0.1, -0.05) is 6.07 Å². The summed E-state index contributed by atoms with van der Waals surface area (Å²) < 4.78 is 6.48. The topological polar surface area (TPSA) is 50.7 Å². The molecule has 0 aliphatic heterocycles. The minimum atomic E-state index is -0.278. The highest BCUT2D eigenvalue weighted by molar-refractivity contribution is 14.1. The van der Waals surface area contributed by atoms with Crippen LogP contribution in [0.3, 0.4) is 0 Å². The van der Waals surface area contributed by atoms with Crippen molar-refractivity contribution in [2.24, 2.45) is 5.10 Å². The molecule has 1 aromatic heterocycles. The summed E-state index contributed by atoms with van der Waals surface area (Å²) in [7, 11) is 0. The monoisotopic (exact) mass is 400 g/mol. The van der Waals surface area contributed by atoms with Crippen LogP contribution in [0.4, 0.5) is 0 Å². The fourth-order valence-corrected chi connectivity index (χ4v) is 2.43. The zero-order valence-electron chi connectivity index (χ0n) is 10.8. The Morgan fingerprint density at radius 3 is 2.75 bits per heavy atom. The van der Waals surface area contributed by atoms with Crippen LogP contribution in [0.25, 0.3) is 0 Å². The third-order valence-electron chi connectivity index (χ3n) is 2.41. The summed E-state index contributed by atoms with van der Waals surface area (Å²) in [6, 6.07) is 11.4. The van der Waals surface area contributed by atoms with Gasteiger partial charge in [0.2, 0.25) is 0 Å². The van der Waals surface area contributed by atoms with Crippen LogP contribution in [0.2, 0.25) is 0 Å². The van der Waals surface area contributed by atoms with Crippen LogP contribution >= 0.6 is 33.9 Å². The number of carbonyl (C=O) groups is 1. The molecule has 2 rings (SSSR count). The number of carbonyl (C=O) groups excluding carboxylic acids is 1. The van der Waals surface area contributed by atoms with E-state index in [1.165, 1.54) is 0 Å². The lowest BCUT2D eigenvalue weighted by Gasteiger charge is -2.05. The van der Waals surface area contributed by atoms with Crippen molar-refractivity contribution in [2.45, 2.75) is 6.92 Å². The van der Waals surface area contributed by atoms with Crippen LogP contribution in [0.5, 0.6) is 5.75 Å². The van der Waals surface area contributed by atoms with Crippen molar-refractivity contribution in [2.75, 3.05) is 6.61 Å². The highest BCUT2D eigenvalue weighted by atomic mass is 127. The molecule has 1 amide bonds. The molecule has 1 aromatic carbocycles. The maximum absolute atomic E-state index is 11.6. The second-order valence-electron chi connectivity index (χ2n) is 3.95. The lowest BCUT2D eigenvalue weighted by Crippen LogP contribution is -2.25. The second kappa shape index (κ2) is 7.39. The molecular weight excluding hydrogens is 387 g/mol. The molecule has 0 aliphatic carbocycles. The van der Waals surface area contributed by atoms with Crippen LogP contribution < -0.4 is 10.2 Å². The number of nitrogens with zero attached hydrogens (tertiary/aromatic N) is 1. The largest absolute Gasteiger partial charge is 0.484 e. The van der Waals surface area contributed by atoms with Crippen LogP contribution in [0, 0.1) is 3.57 Å². The summed E-state index contributed by atoms with van der Waals surface area (Å²) in [5.41, 5.74) is 3.26. The molecule has 4 nitrogen and oxygen atoms in total. The van der Waals surface area contributed by atoms with Crippen LogP contribution in [-0.2, 0) is 4.79 Å². The maximum Gasteiger partial charge on any atom is 0.277 e. The quantitative estimate of drug-likeness (QED) is 0.476. The first-order valence-electron chi connectivity index (χ1n) is 5.90. The Balaban J connectivity index is 1.81. The number of nitrogens with one attached hydrogen (secondary N) is 1. The van der Waals surface area contributed by atoms with Crippen molar-refractivity contribution >= 4 is 45.5 Å². The number of ether oxygens (including phenoxy) is 1. The molecule has 0 atom stereocenters. The van der Waals surface area contributed by atoms with Gasteiger partial charge in [-0.05, 0) is 65.2 Å². The third-order valence-corrected chi connectivity index (χ3v) is 4.11. The van der Waals surface area contributed by atoms with Gasteiger partial charge in [0.15, 0.2) is 6.61 Å². The summed E-state index contributed by atoms with van der Waals surface area (Å²) in [5.74, 6) is 0.388.